The van der Waals surface area contributed by atoms with Gasteiger partial charge in [0, 0.05) is 12.0 Å². The van der Waals surface area contributed by atoms with Gasteiger partial charge in [-0.25, -0.2) is 0 Å². The molecule has 0 bridgehead atoms. The molecule has 0 saturated heterocycles. The Kier molecular flexibility index (Phi) is 2.41. The molecule has 0 radical (unpaired) electrons. The number of rotatable bonds is 2. The van der Waals surface area contributed by atoms with E-state index >= 15 is 0 Å². The van der Waals surface area contributed by atoms with Crippen LogP contribution in [0.25, 0.3) is 0 Å². The summed E-state index contributed by atoms with van der Waals surface area (Å²) < 4.78 is 0. The van der Waals surface area contributed by atoms with Gasteiger partial charge >= 0.3 is 0 Å². The molecular formula is C11H12N2O2. The molecule has 1 aliphatic rings. The van der Waals surface area contributed by atoms with Crippen molar-refractivity contribution in [3.8, 4) is 0 Å². The summed E-state index contributed by atoms with van der Waals surface area (Å²) in [5.74, 6) is -0.0543. The molecule has 2 rings (SSSR count). The third-order valence-electron chi connectivity index (χ3n) is 2.56. The molecule has 1 amide bonds. The summed E-state index contributed by atoms with van der Waals surface area (Å²) in [6.07, 6.45) is 0.541. The molecule has 0 saturated carbocycles. The van der Waals surface area contributed by atoms with Gasteiger partial charge in [0.2, 0.25) is 0 Å². The lowest BCUT2D eigenvalue weighted by atomic mass is 10.0. The van der Waals surface area contributed by atoms with Gasteiger partial charge in [-0.15, -0.1) is 0 Å². The average molecular weight is 204 g/mol. The second-order valence-electron chi connectivity index (χ2n) is 3.65. The normalized spacial score (nSPS) is 19.9. The summed E-state index contributed by atoms with van der Waals surface area (Å²) in [5, 5.41) is 14.6. The molecule has 1 aliphatic heterocycles. The molecule has 0 spiro atoms. The van der Waals surface area contributed by atoms with Gasteiger partial charge in [-0.1, -0.05) is 23.4 Å². The molecule has 1 aromatic rings. The predicted octanol–water partition coefficient (Wildman–Crippen LogP) is 1.71. The van der Waals surface area contributed by atoms with Gasteiger partial charge in [-0.2, -0.15) is 0 Å². The van der Waals surface area contributed by atoms with Crippen molar-refractivity contribution in [2.75, 3.05) is 0 Å². The fraction of sp³-hybridized carbons (Fsp3) is 0.273. The quantitative estimate of drug-likeness (QED) is 0.437. The maximum absolute atomic E-state index is 11.5. The van der Waals surface area contributed by atoms with Crippen LogP contribution in [0, 0.1) is 0 Å². The number of oxime groups is 1. The van der Waals surface area contributed by atoms with Gasteiger partial charge in [0.15, 0.2) is 0 Å². The van der Waals surface area contributed by atoms with E-state index < -0.39 is 0 Å². The number of nitrogens with one attached hydrogen (secondary N) is 1. The Hall–Kier alpha value is -1.84. The number of hydrogen-bond acceptors (Lipinski definition) is 3. The topological polar surface area (TPSA) is 61.7 Å². The summed E-state index contributed by atoms with van der Waals surface area (Å²) in [5.41, 5.74) is 2.30. The third-order valence-corrected chi connectivity index (χ3v) is 2.56. The van der Waals surface area contributed by atoms with Crippen molar-refractivity contribution in [1.29, 1.82) is 0 Å². The molecule has 4 heteroatoms. The Morgan fingerprint density at radius 2 is 2.27 bits per heavy atom. The van der Waals surface area contributed by atoms with Gasteiger partial charge in [0.05, 0.1) is 11.8 Å². The van der Waals surface area contributed by atoms with Crippen LogP contribution >= 0.6 is 0 Å². The summed E-state index contributed by atoms with van der Waals surface area (Å²) in [6.45, 7) is 1.73. The van der Waals surface area contributed by atoms with Gasteiger partial charge < -0.3 is 10.5 Å². The number of amides is 1. The Morgan fingerprint density at radius 1 is 1.53 bits per heavy atom. The van der Waals surface area contributed by atoms with E-state index in [4.69, 9.17) is 5.21 Å². The first-order valence-corrected chi connectivity index (χ1v) is 4.79. The van der Waals surface area contributed by atoms with Crippen LogP contribution in [-0.4, -0.2) is 16.8 Å². The predicted molar refractivity (Wildman–Crippen MR) is 56.2 cm³/mol. The van der Waals surface area contributed by atoms with Gasteiger partial charge in [-0.05, 0) is 18.6 Å². The largest absolute Gasteiger partial charge is 0.411 e. The number of nitrogens with zero attached hydrogens (tertiary/aromatic N) is 1. The molecule has 0 fully saturated rings. The average Bonchev–Trinajstić information content (AvgIpc) is 2.57. The SMILES string of the molecule is C/C(CC1NC(=O)c2ccccc21)=N\O. The molecule has 1 atom stereocenters. The van der Waals surface area contributed by atoms with E-state index in [-0.39, 0.29) is 11.9 Å². The van der Waals surface area contributed by atoms with E-state index in [0.717, 1.165) is 5.56 Å². The molecule has 4 nitrogen and oxygen atoms in total. The molecule has 0 aliphatic carbocycles. The Balaban J connectivity index is 2.29. The minimum absolute atomic E-state index is 0.0543. The first-order chi connectivity index (χ1) is 7.22. The lowest BCUT2D eigenvalue weighted by Crippen LogP contribution is -2.20. The maximum Gasteiger partial charge on any atom is 0.252 e. The van der Waals surface area contributed by atoms with Crippen LogP contribution in [0.3, 0.4) is 0 Å². The van der Waals surface area contributed by atoms with E-state index in [1.54, 1.807) is 13.0 Å². The number of carbonyl (C=O) groups is 1. The summed E-state index contributed by atoms with van der Waals surface area (Å²) in [7, 11) is 0. The summed E-state index contributed by atoms with van der Waals surface area (Å²) in [4.78, 5) is 11.5. The third kappa shape index (κ3) is 1.70. The second-order valence-corrected chi connectivity index (χ2v) is 3.65. The Bertz CT molecular complexity index is 426. The van der Waals surface area contributed by atoms with Gasteiger partial charge in [-0.3, -0.25) is 4.79 Å². The van der Waals surface area contributed by atoms with Crippen molar-refractivity contribution in [2.24, 2.45) is 5.16 Å². The van der Waals surface area contributed by atoms with Crippen LogP contribution in [0.15, 0.2) is 29.4 Å². The first kappa shape index (κ1) is 9.71. The molecule has 2 N–H and O–H groups in total. The van der Waals surface area contributed by atoms with Crippen molar-refractivity contribution in [3.63, 3.8) is 0 Å². The van der Waals surface area contributed by atoms with E-state index in [1.165, 1.54) is 0 Å². The number of fused-ring (bicyclic) bond motifs is 1. The van der Waals surface area contributed by atoms with Crippen molar-refractivity contribution in [2.45, 2.75) is 19.4 Å². The molecule has 1 unspecified atom stereocenters. The van der Waals surface area contributed by atoms with Crippen LogP contribution in [0.1, 0.15) is 35.3 Å². The zero-order valence-corrected chi connectivity index (χ0v) is 8.40. The van der Waals surface area contributed by atoms with Crippen molar-refractivity contribution in [3.05, 3.63) is 35.4 Å². The lowest BCUT2D eigenvalue weighted by molar-refractivity contribution is 0.0957. The molecular weight excluding hydrogens is 192 g/mol. The van der Waals surface area contributed by atoms with E-state index in [0.29, 0.717) is 17.7 Å². The fourth-order valence-corrected chi connectivity index (χ4v) is 1.82. The molecule has 0 aromatic heterocycles. The zero-order valence-electron chi connectivity index (χ0n) is 8.40. The lowest BCUT2D eigenvalue weighted by Gasteiger charge is -2.09. The van der Waals surface area contributed by atoms with Crippen LogP contribution in [0.4, 0.5) is 0 Å². The first-order valence-electron chi connectivity index (χ1n) is 4.79. The highest BCUT2D eigenvalue weighted by atomic mass is 16.4. The molecule has 15 heavy (non-hydrogen) atoms. The summed E-state index contributed by atoms with van der Waals surface area (Å²) in [6, 6.07) is 7.40. The van der Waals surface area contributed by atoms with Crippen molar-refractivity contribution in [1.82, 2.24) is 5.32 Å². The van der Waals surface area contributed by atoms with Gasteiger partial charge in [0.25, 0.3) is 5.91 Å². The van der Waals surface area contributed by atoms with Crippen LogP contribution in [0.2, 0.25) is 0 Å². The maximum atomic E-state index is 11.5. The van der Waals surface area contributed by atoms with E-state index in [1.807, 2.05) is 18.2 Å². The Labute approximate surface area is 87.6 Å². The van der Waals surface area contributed by atoms with E-state index in [2.05, 4.69) is 10.5 Å². The minimum atomic E-state index is -0.0652. The highest BCUT2D eigenvalue weighted by molar-refractivity contribution is 6.00. The summed E-state index contributed by atoms with van der Waals surface area (Å²) >= 11 is 0. The highest BCUT2D eigenvalue weighted by Crippen LogP contribution is 2.27. The molecule has 78 valence electrons. The standard InChI is InChI=1S/C11H12N2O2/c1-7(13-15)6-10-8-4-2-3-5-9(8)11(14)12-10/h2-5,10,15H,6H2,1H3,(H,12,14)/b13-7+. The number of hydrogen-bond donors (Lipinski definition) is 2. The zero-order chi connectivity index (χ0) is 10.8. The van der Waals surface area contributed by atoms with E-state index in [9.17, 15) is 4.79 Å². The van der Waals surface area contributed by atoms with Gasteiger partial charge in [0.1, 0.15) is 0 Å². The minimum Gasteiger partial charge on any atom is -0.411 e. The molecule has 1 aromatic carbocycles. The van der Waals surface area contributed by atoms with Crippen LogP contribution in [0.5, 0.6) is 0 Å². The fourth-order valence-electron chi connectivity index (χ4n) is 1.82. The van der Waals surface area contributed by atoms with Crippen LogP contribution < -0.4 is 5.32 Å². The second kappa shape index (κ2) is 3.73. The monoisotopic (exact) mass is 204 g/mol. The molecule has 1 heterocycles. The smallest absolute Gasteiger partial charge is 0.252 e. The Morgan fingerprint density at radius 3 is 3.00 bits per heavy atom. The van der Waals surface area contributed by atoms with Crippen molar-refractivity contribution >= 4 is 11.6 Å². The van der Waals surface area contributed by atoms with Crippen LogP contribution in [-0.2, 0) is 0 Å². The van der Waals surface area contributed by atoms with Crippen molar-refractivity contribution < 1.29 is 10.0 Å². The number of carbonyl (C=O) groups excluding carboxylic acids is 1. The highest BCUT2D eigenvalue weighted by Gasteiger charge is 2.27. The number of benzene rings is 1.